The van der Waals surface area contributed by atoms with Gasteiger partial charge in [-0.1, -0.05) is 6.92 Å². The third-order valence-corrected chi connectivity index (χ3v) is 7.00. The molecule has 5 aliphatic rings. The van der Waals surface area contributed by atoms with Gasteiger partial charge in [0.25, 0.3) is 5.91 Å². The predicted molar refractivity (Wildman–Crippen MR) is 99.9 cm³/mol. The van der Waals surface area contributed by atoms with Crippen molar-refractivity contribution in [1.29, 1.82) is 0 Å². The highest BCUT2D eigenvalue weighted by atomic mass is 16.2. The fourth-order valence-electron chi connectivity index (χ4n) is 6.33. The lowest BCUT2D eigenvalue weighted by molar-refractivity contribution is -0.879. The normalized spacial score (nSPS) is 35.1. The maximum atomic E-state index is 13.1. The van der Waals surface area contributed by atoms with Gasteiger partial charge in [0.1, 0.15) is 0 Å². The van der Waals surface area contributed by atoms with Gasteiger partial charge in [0.05, 0.1) is 12.6 Å². The number of imide groups is 2. The minimum Gasteiger partial charge on any atom is -0.351 e. The summed E-state index contributed by atoms with van der Waals surface area (Å²) in [4.78, 5) is 53.5. The fourth-order valence-corrected chi connectivity index (χ4v) is 6.33. The Morgan fingerprint density at radius 2 is 1.64 bits per heavy atom. The van der Waals surface area contributed by atoms with Crippen LogP contribution < -0.4 is 10.2 Å². The Balaban J connectivity index is 1.46. The van der Waals surface area contributed by atoms with E-state index in [0.717, 1.165) is 30.6 Å². The molecule has 4 bridgehead atoms. The molecule has 8 heteroatoms. The third kappa shape index (κ3) is 3.21. The lowest BCUT2D eigenvalue weighted by Crippen LogP contribution is -3.12. The Morgan fingerprint density at radius 3 is 2.18 bits per heavy atom. The van der Waals surface area contributed by atoms with Crippen molar-refractivity contribution in [3.63, 3.8) is 0 Å². The van der Waals surface area contributed by atoms with Crippen LogP contribution in [0.25, 0.3) is 0 Å². The van der Waals surface area contributed by atoms with E-state index < -0.39 is 23.4 Å². The first-order valence-electron chi connectivity index (χ1n) is 10.6. The maximum Gasteiger partial charge on any atom is 0.339 e. The number of nitrogens with zero attached hydrogens (tertiary/aromatic N) is 2. The maximum absolute atomic E-state index is 13.1. The summed E-state index contributed by atoms with van der Waals surface area (Å²) in [5.74, 6) is 0.191. The van der Waals surface area contributed by atoms with E-state index in [4.69, 9.17) is 0 Å². The summed E-state index contributed by atoms with van der Waals surface area (Å²) in [6.07, 6.45) is 6.99. The highest BCUT2D eigenvalue weighted by Crippen LogP contribution is 2.58. The zero-order chi connectivity index (χ0) is 20.1. The Bertz CT molecular complexity index is 671. The van der Waals surface area contributed by atoms with Gasteiger partial charge in [-0.3, -0.25) is 14.4 Å². The SMILES string of the molecule is CCCNC(=O)C[NH+](C)CN1C(=O)C(=O)N(C23CC4CC(CC(C4)C2)C3)C1=O. The number of carbonyl (C=O) groups excluding carboxylic acids is 4. The topological polar surface area (TPSA) is 91.2 Å². The van der Waals surface area contributed by atoms with Crippen LogP contribution in [-0.4, -0.2) is 65.9 Å². The molecule has 2 N–H and O–H groups in total. The molecule has 5 rings (SSSR count). The molecule has 1 atom stereocenters. The number of rotatable bonds is 7. The van der Waals surface area contributed by atoms with Crippen molar-refractivity contribution in [1.82, 2.24) is 15.1 Å². The predicted octanol–water partition coefficient (Wildman–Crippen LogP) is -0.256. The number of amides is 5. The molecule has 1 unspecified atom stereocenters. The van der Waals surface area contributed by atoms with Gasteiger partial charge in [0.2, 0.25) is 0 Å². The molecule has 0 spiro atoms. The Labute approximate surface area is 165 Å². The van der Waals surface area contributed by atoms with E-state index >= 15 is 0 Å². The number of likely N-dealkylation sites (N-methyl/N-ethyl adjacent to an activating group) is 1. The Hall–Kier alpha value is -1.96. The summed E-state index contributed by atoms with van der Waals surface area (Å²) in [6.45, 7) is 2.77. The molecule has 4 aliphatic carbocycles. The molecule has 1 aliphatic heterocycles. The van der Waals surface area contributed by atoms with E-state index in [9.17, 15) is 19.2 Å². The highest BCUT2D eigenvalue weighted by molar-refractivity contribution is 6.44. The van der Waals surface area contributed by atoms with Crippen LogP contribution in [0.5, 0.6) is 0 Å². The van der Waals surface area contributed by atoms with E-state index in [0.29, 0.717) is 29.2 Å². The number of urea groups is 1. The number of nitrogens with one attached hydrogen (secondary N) is 2. The van der Waals surface area contributed by atoms with Crippen LogP contribution in [0.15, 0.2) is 0 Å². The van der Waals surface area contributed by atoms with Gasteiger partial charge in [-0.05, 0) is 62.7 Å². The molecule has 0 aromatic heterocycles. The molecule has 1 saturated heterocycles. The number of hydrogen-bond donors (Lipinski definition) is 2. The standard InChI is InChI=1S/C20H30N4O4/c1-3-4-21-16(25)11-22(2)12-23-17(26)18(27)24(19(23)28)20-8-13-5-14(9-20)7-15(6-13)10-20/h13-15H,3-12H2,1-2H3,(H,21,25)/p+1. The average molecular weight is 391 g/mol. The van der Waals surface area contributed by atoms with Crippen molar-refractivity contribution >= 4 is 23.8 Å². The average Bonchev–Trinajstić information content (AvgIpc) is 2.82. The molecular formula is C20H31N4O4+. The minimum absolute atomic E-state index is 0.0335. The van der Waals surface area contributed by atoms with Crippen LogP contribution in [0.3, 0.4) is 0 Å². The molecule has 4 saturated carbocycles. The molecule has 28 heavy (non-hydrogen) atoms. The summed E-state index contributed by atoms with van der Waals surface area (Å²) >= 11 is 0. The lowest BCUT2D eigenvalue weighted by Gasteiger charge is -2.58. The van der Waals surface area contributed by atoms with Gasteiger partial charge in [-0.25, -0.2) is 14.6 Å². The fraction of sp³-hybridized carbons (Fsp3) is 0.800. The molecule has 0 aromatic rings. The second-order valence-electron chi connectivity index (χ2n) is 9.44. The van der Waals surface area contributed by atoms with Gasteiger partial charge >= 0.3 is 17.8 Å². The van der Waals surface area contributed by atoms with Crippen LogP contribution in [-0.2, 0) is 14.4 Å². The summed E-state index contributed by atoms with van der Waals surface area (Å²) < 4.78 is 0. The zero-order valence-corrected chi connectivity index (χ0v) is 16.8. The van der Waals surface area contributed by atoms with Crippen molar-refractivity contribution < 1.29 is 24.1 Å². The molecular weight excluding hydrogens is 360 g/mol. The second-order valence-corrected chi connectivity index (χ2v) is 9.44. The number of hydrogen-bond acceptors (Lipinski definition) is 4. The summed E-state index contributed by atoms with van der Waals surface area (Å²) in [5, 5.41) is 2.79. The summed E-state index contributed by atoms with van der Waals surface area (Å²) in [5.41, 5.74) is -0.459. The smallest absolute Gasteiger partial charge is 0.339 e. The molecule has 0 radical (unpaired) electrons. The molecule has 5 fully saturated rings. The first-order valence-corrected chi connectivity index (χ1v) is 10.6. The summed E-state index contributed by atoms with van der Waals surface area (Å²) in [7, 11) is 1.75. The molecule has 0 aromatic carbocycles. The van der Waals surface area contributed by atoms with Crippen molar-refractivity contribution in [3.8, 4) is 0 Å². The van der Waals surface area contributed by atoms with Crippen LogP contribution in [0, 0.1) is 17.8 Å². The van der Waals surface area contributed by atoms with E-state index in [1.165, 1.54) is 24.2 Å². The van der Waals surface area contributed by atoms with Crippen molar-refractivity contribution in [2.24, 2.45) is 17.8 Å². The van der Waals surface area contributed by atoms with Crippen LogP contribution in [0.1, 0.15) is 51.9 Å². The van der Waals surface area contributed by atoms with Gasteiger partial charge in [-0.2, -0.15) is 0 Å². The minimum atomic E-state index is -0.742. The number of carbonyl (C=O) groups is 4. The molecule has 8 nitrogen and oxygen atoms in total. The van der Waals surface area contributed by atoms with Gasteiger partial charge in [0, 0.05) is 6.54 Å². The first kappa shape index (κ1) is 19.4. The van der Waals surface area contributed by atoms with Crippen LogP contribution in [0.2, 0.25) is 0 Å². The van der Waals surface area contributed by atoms with Crippen molar-refractivity contribution in [2.45, 2.75) is 57.4 Å². The Kier molecular flexibility index (Phi) is 4.93. The first-order chi connectivity index (χ1) is 13.3. The zero-order valence-electron chi connectivity index (χ0n) is 16.8. The molecule has 1 heterocycles. The Morgan fingerprint density at radius 1 is 1.07 bits per heavy atom. The van der Waals surface area contributed by atoms with Crippen molar-refractivity contribution in [3.05, 3.63) is 0 Å². The summed E-state index contributed by atoms with van der Waals surface area (Å²) in [6, 6.07) is -0.481. The molecule has 5 amide bonds. The highest BCUT2D eigenvalue weighted by Gasteiger charge is 2.61. The van der Waals surface area contributed by atoms with Gasteiger partial charge < -0.3 is 10.2 Å². The van der Waals surface area contributed by atoms with E-state index in [1.54, 1.807) is 7.05 Å². The monoisotopic (exact) mass is 391 g/mol. The van der Waals surface area contributed by atoms with Crippen LogP contribution >= 0.6 is 0 Å². The largest absolute Gasteiger partial charge is 0.351 e. The van der Waals surface area contributed by atoms with E-state index in [2.05, 4.69) is 5.32 Å². The lowest BCUT2D eigenvalue weighted by atomic mass is 9.52. The second kappa shape index (κ2) is 7.13. The van der Waals surface area contributed by atoms with E-state index in [-0.39, 0.29) is 19.1 Å². The van der Waals surface area contributed by atoms with E-state index in [1.807, 2.05) is 6.92 Å². The van der Waals surface area contributed by atoms with Crippen molar-refractivity contribution in [2.75, 3.05) is 26.8 Å². The van der Waals surface area contributed by atoms with Crippen LogP contribution in [0.4, 0.5) is 4.79 Å². The molecule has 154 valence electrons. The van der Waals surface area contributed by atoms with Gasteiger partial charge in [-0.15, -0.1) is 0 Å². The third-order valence-electron chi connectivity index (χ3n) is 7.00. The number of quaternary nitrogens is 1. The quantitative estimate of drug-likeness (QED) is 0.462. The van der Waals surface area contributed by atoms with Gasteiger partial charge in [0.15, 0.2) is 13.2 Å².